The number of rotatable bonds is 8. The molecule has 0 fully saturated rings. The molecule has 0 aromatic heterocycles. The van der Waals surface area contributed by atoms with E-state index in [1.54, 1.807) is 0 Å². The molecule has 4 heteroatoms. The first-order valence-corrected chi connectivity index (χ1v) is 11.4. The van der Waals surface area contributed by atoms with E-state index < -0.39 is 7.26 Å². The van der Waals surface area contributed by atoms with Crippen LogP contribution < -0.4 is 32.9 Å². The Labute approximate surface area is 179 Å². The fraction of sp³-hybridized carbons (Fsp3) is 0.208. The van der Waals surface area contributed by atoms with Crippen molar-refractivity contribution in [1.82, 2.24) is 0 Å². The third-order valence-electron chi connectivity index (χ3n) is 4.94. The van der Waals surface area contributed by atoms with Crippen LogP contribution >= 0.6 is 7.26 Å². The molecule has 0 radical (unpaired) electrons. The fourth-order valence-corrected chi connectivity index (χ4v) is 8.01. The van der Waals surface area contributed by atoms with E-state index in [0.29, 0.717) is 6.42 Å². The first kappa shape index (κ1) is 22.3. The summed E-state index contributed by atoms with van der Waals surface area (Å²) in [5.41, 5.74) is 0. The van der Waals surface area contributed by atoms with Crippen LogP contribution in [0, 0.1) is 0 Å². The molecule has 0 saturated heterocycles. The molecule has 0 aliphatic heterocycles. The number of halogens is 1. The van der Waals surface area contributed by atoms with Gasteiger partial charge in [-0.1, -0.05) is 54.6 Å². The number of methoxy groups -OCH3 is 1. The Hall–Kier alpha value is -1.96. The van der Waals surface area contributed by atoms with Gasteiger partial charge >= 0.3 is 5.97 Å². The lowest BCUT2D eigenvalue weighted by atomic mass is 10.2. The van der Waals surface area contributed by atoms with Crippen molar-refractivity contribution in [1.29, 1.82) is 0 Å². The Kier molecular flexibility index (Phi) is 8.89. The maximum absolute atomic E-state index is 11.5. The largest absolute Gasteiger partial charge is 1.00 e. The average molecular weight is 457 g/mol. The quantitative estimate of drug-likeness (QED) is 0.290. The van der Waals surface area contributed by atoms with E-state index in [1.807, 2.05) is 0 Å². The molecule has 146 valence electrons. The van der Waals surface area contributed by atoms with Gasteiger partial charge in [0.25, 0.3) is 0 Å². The molecule has 3 aromatic rings. The van der Waals surface area contributed by atoms with E-state index in [2.05, 4.69) is 91.0 Å². The molecule has 0 spiro atoms. The summed E-state index contributed by atoms with van der Waals surface area (Å²) in [6, 6.07) is 32.5. The summed E-state index contributed by atoms with van der Waals surface area (Å²) in [5.74, 6) is -0.127. The molecule has 0 atom stereocenters. The second-order valence-electron chi connectivity index (χ2n) is 6.57. The van der Waals surface area contributed by atoms with Crippen molar-refractivity contribution >= 4 is 29.1 Å². The lowest BCUT2D eigenvalue weighted by molar-refractivity contribution is -0.140. The van der Waals surface area contributed by atoms with E-state index in [9.17, 15) is 4.79 Å². The molecule has 2 nitrogen and oxygen atoms in total. The number of hydrogen-bond donors (Lipinski definition) is 0. The summed E-state index contributed by atoms with van der Waals surface area (Å²) in [5, 5.41) is 4.17. The van der Waals surface area contributed by atoms with Gasteiger partial charge in [0.2, 0.25) is 0 Å². The van der Waals surface area contributed by atoms with Crippen molar-refractivity contribution in [2.45, 2.75) is 19.3 Å². The second kappa shape index (κ2) is 11.1. The van der Waals surface area contributed by atoms with Crippen LogP contribution in [-0.2, 0) is 9.53 Å². The summed E-state index contributed by atoms with van der Waals surface area (Å²) >= 11 is 0. The monoisotopic (exact) mass is 456 g/mol. The summed E-state index contributed by atoms with van der Waals surface area (Å²) in [6.07, 6.45) is 3.36. The molecule has 0 aliphatic rings. The van der Waals surface area contributed by atoms with Crippen LogP contribution in [0.25, 0.3) is 0 Å². The molecule has 0 bridgehead atoms. The number of hydrogen-bond acceptors (Lipinski definition) is 2. The molecule has 0 amide bonds. The van der Waals surface area contributed by atoms with Crippen molar-refractivity contribution in [2.24, 2.45) is 0 Å². The minimum absolute atomic E-state index is 0. The van der Waals surface area contributed by atoms with Gasteiger partial charge in [-0.3, -0.25) is 4.79 Å². The van der Waals surface area contributed by atoms with E-state index >= 15 is 0 Å². The van der Waals surface area contributed by atoms with Crippen LogP contribution in [0.5, 0.6) is 0 Å². The minimum Gasteiger partial charge on any atom is -1.00 e. The van der Waals surface area contributed by atoms with Gasteiger partial charge in [0, 0.05) is 6.42 Å². The Morgan fingerprint density at radius 3 is 1.46 bits per heavy atom. The molecule has 0 unspecified atom stereocenters. The highest BCUT2D eigenvalue weighted by molar-refractivity contribution is 7.95. The number of ether oxygens (including phenoxy) is 1. The zero-order valence-corrected chi connectivity index (χ0v) is 18.6. The van der Waals surface area contributed by atoms with E-state index in [-0.39, 0.29) is 23.0 Å². The predicted octanol–water partition coefficient (Wildman–Crippen LogP) is 1.33. The van der Waals surface area contributed by atoms with E-state index in [4.69, 9.17) is 4.74 Å². The molecule has 0 aliphatic carbocycles. The first-order valence-electron chi connectivity index (χ1n) is 9.39. The van der Waals surface area contributed by atoms with Gasteiger partial charge in [-0.25, -0.2) is 0 Å². The Morgan fingerprint density at radius 1 is 0.714 bits per heavy atom. The minimum atomic E-state index is -1.77. The number of unbranched alkanes of at least 4 members (excludes halogenated alkanes) is 1. The van der Waals surface area contributed by atoms with Gasteiger partial charge in [0.1, 0.15) is 23.2 Å². The molecule has 3 rings (SSSR count). The lowest BCUT2D eigenvalue weighted by Gasteiger charge is -2.27. The molecular weight excluding hydrogens is 431 g/mol. The van der Waals surface area contributed by atoms with Crippen LogP contribution in [-0.4, -0.2) is 19.2 Å². The molecule has 0 saturated carbocycles. The highest BCUT2D eigenvalue weighted by Gasteiger charge is 2.44. The predicted molar refractivity (Wildman–Crippen MR) is 116 cm³/mol. The van der Waals surface area contributed by atoms with Crippen molar-refractivity contribution < 1.29 is 26.5 Å². The fourth-order valence-electron chi connectivity index (χ4n) is 3.60. The normalized spacial score (nSPS) is 10.8. The second-order valence-corrected chi connectivity index (χ2v) is 10.2. The zero-order valence-electron chi connectivity index (χ0n) is 16.1. The Balaban J connectivity index is 0.00000280. The van der Waals surface area contributed by atoms with Crippen LogP contribution in [0.15, 0.2) is 91.0 Å². The van der Waals surface area contributed by atoms with Crippen LogP contribution in [0.2, 0.25) is 0 Å². The van der Waals surface area contributed by atoms with Crippen molar-refractivity contribution in [3.05, 3.63) is 91.0 Å². The smallest absolute Gasteiger partial charge is 0.305 e. The lowest BCUT2D eigenvalue weighted by Crippen LogP contribution is -3.00. The van der Waals surface area contributed by atoms with Crippen LogP contribution in [0.4, 0.5) is 0 Å². The van der Waals surface area contributed by atoms with Crippen molar-refractivity contribution in [3.8, 4) is 0 Å². The van der Waals surface area contributed by atoms with Gasteiger partial charge < -0.3 is 21.7 Å². The topological polar surface area (TPSA) is 26.3 Å². The average Bonchev–Trinajstić information content (AvgIpc) is 2.75. The highest BCUT2D eigenvalue weighted by atomic mass is 79.9. The van der Waals surface area contributed by atoms with E-state index in [0.717, 1.165) is 19.0 Å². The number of benzene rings is 3. The van der Waals surface area contributed by atoms with Gasteiger partial charge in [-0.15, -0.1) is 0 Å². The summed E-state index contributed by atoms with van der Waals surface area (Å²) in [6.45, 7) is 0. The molecule has 0 heterocycles. The third kappa shape index (κ3) is 5.10. The summed E-state index contributed by atoms with van der Waals surface area (Å²) in [4.78, 5) is 11.5. The van der Waals surface area contributed by atoms with Gasteiger partial charge in [-0.2, -0.15) is 0 Å². The van der Waals surface area contributed by atoms with Gasteiger partial charge in [-0.05, 0) is 49.2 Å². The number of esters is 1. The highest BCUT2D eigenvalue weighted by Crippen LogP contribution is 2.55. The first-order chi connectivity index (χ1) is 13.3. The molecular formula is C24H26BrO2P. The standard InChI is InChI=1S/C24H26O2P.BrH/c1-26-24(25)19-11-12-20-27(21-13-5-2-6-14-21,22-15-7-3-8-16-22)23-17-9-4-10-18-23;/h2-10,13-18H,11-12,19-20H2,1H3;1H/q+1;/p-1. The van der Waals surface area contributed by atoms with Crippen molar-refractivity contribution in [2.75, 3.05) is 13.3 Å². The maximum Gasteiger partial charge on any atom is 0.305 e. The Bertz CT molecular complexity index is 742. The number of carbonyl (C=O) groups excluding carboxylic acids is 1. The van der Waals surface area contributed by atoms with Crippen molar-refractivity contribution in [3.63, 3.8) is 0 Å². The third-order valence-corrected chi connectivity index (χ3v) is 9.47. The van der Waals surface area contributed by atoms with Crippen LogP contribution in [0.3, 0.4) is 0 Å². The number of carbonyl (C=O) groups is 1. The zero-order chi connectivity index (χ0) is 19.0. The molecule has 28 heavy (non-hydrogen) atoms. The van der Waals surface area contributed by atoms with Gasteiger partial charge in [0.15, 0.2) is 0 Å². The Morgan fingerprint density at radius 2 is 1.11 bits per heavy atom. The van der Waals surface area contributed by atoms with E-state index in [1.165, 1.54) is 23.0 Å². The molecule has 3 aromatic carbocycles. The van der Waals surface area contributed by atoms with Crippen LogP contribution in [0.1, 0.15) is 19.3 Å². The summed E-state index contributed by atoms with van der Waals surface area (Å²) < 4.78 is 4.81. The molecule has 0 N–H and O–H groups in total. The SMILES string of the molecule is COC(=O)CCCC[P+](c1ccccc1)(c1ccccc1)c1ccccc1.[Br-]. The maximum atomic E-state index is 11.5. The van der Waals surface area contributed by atoms with Gasteiger partial charge in [0.05, 0.1) is 13.3 Å². The summed E-state index contributed by atoms with van der Waals surface area (Å²) in [7, 11) is -0.318.